The summed E-state index contributed by atoms with van der Waals surface area (Å²) in [6, 6.07) is 12.5. The Kier molecular flexibility index (Phi) is 5.11. The SMILES string of the molecule is CC(C)(C)OC(=O)N(Cc1ccccc1)C(=O)c1ccncc1. The third-order valence-electron chi connectivity index (χ3n) is 2.97. The Morgan fingerprint density at radius 2 is 1.65 bits per heavy atom. The second-order valence-electron chi connectivity index (χ2n) is 6.09. The molecule has 0 radical (unpaired) electrons. The Labute approximate surface area is 135 Å². The Morgan fingerprint density at radius 1 is 1.04 bits per heavy atom. The standard InChI is InChI=1S/C18H20N2O3/c1-18(2,3)23-17(22)20(13-14-7-5-4-6-8-14)16(21)15-9-11-19-12-10-15/h4-12H,13H2,1-3H3. The maximum absolute atomic E-state index is 12.7. The molecule has 120 valence electrons. The van der Waals surface area contributed by atoms with Crippen LogP contribution in [0.15, 0.2) is 54.9 Å². The summed E-state index contributed by atoms with van der Waals surface area (Å²) in [6.45, 7) is 5.45. The van der Waals surface area contributed by atoms with E-state index in [0.29, 0.717) is 5.56 Å². The van der Waals surface area contributed by atoms with Gasteiger partial charge in [0.05, 0.1) is 6.54 Å². The van der Waals surface area contributed by atoms with Gasteiger partial charge < -0.3 is 4.74 Å². The summed E-state index contributed by atoms with van der Waals surface area (Å²) < 4.78 is 5.37. The van der Waals surface area contributed by atoms with E-state index in [9.17, 15) is 9.59 Å². The van der Waals surface area contributed by atoms with Gasteiger partial charge in [-0.05, 0) is 38.5 Å². The lowest BCUT2D eigenvalue weighted by Crippen LogP contribution is -2.40. The lowest BCUT2D eigenvalue weighted by atomic mass is 10.2. The van der Waals surface area contributed by atoms with Gasteiger partial charge in [0.2, 0.25) is 0 Å². The molecule has 0 aliphatic heterocycles. The van der Waals surface area contributed by atoms with Crippen molar-refractivity contribution >= 4 is 12.0 Å². The van der Waals surface area contributed by atoms with Crippen LogP contribution in [0.25, 0.3) is 0 Å². The van der Waals surface area contributed by atoms with Crippen molar-refractivity contribution in [2.45, 2.75) is 32.9 Å². The van der Waals surface area contributed by atoms with Gasteiger partial charge in [-0.15, -0.1) is 0 Å². The van der Waals surface area contributed by atoms with Gasteiger partial charge in [0.15, 0.2) is 0 Å². The maximum Gasteiger partial charge on any atom is 0.417 e. The first-order valence-corrected chi connectivity index (χ1v) is 7.35. The Morgan fingerprint density at radius 3 is 2.22 bits per heavy atom. The van der Waals surface area contributed by atoms with Crippen molar-refractivity contribution < 1.29 is 14.3 Å². The topological polar surface area (TPSA) is 59.5 Å². The maximum atomic E-state index is 12.7. The van der Waals surface area contributed by atoms with Gasteiger partial charge in [-0.25, -0.2) is 9.69 Å². The van der Waals surface area contributed by atoms with E-state index >= 15 is 0 Å². The lowest BCUT2D eigenvalue weighted by molar-refractivity contribution is 0.0227. The number of aromatic nitrogens is 1. The fourth-order valence-corrected chi connectivity index (χ4v) is 1.95. The van der Waals surface area contributed by atoms with Crippen LogP contribution >= 0.6 is 0 Å². The highest BCUT2D eigenvalue weighted by atomic mass is 16.6. The molecule has 2 amide bonds. The highest BCUT2D eigenvalue weighted by molar-refractivity contribution is 6.02. The first-order chi connectivity index (χ1) is 10.9. The van der Waals surface area contributed by atoms with Crippen molar-refractivity contribution in [1.29, 1.82) is 0 Å². The van der Waals surface area contributed by atoms with Crippen LogP contribution in [0.2, 0.25) is 0 Å². The third-order valence-corrected chi connectivity index (χ3v) is 2.97. The molecule has 1 aromatic carbocycles. The number of nitrogens with zero attached hydrogens (tertiary/aromatic N) is 2. The highest BCUT2D eigenvalue weighted by Crippen LogP contribution is 2.15. The van der Waals surface area contributed by atoms with Gasteiger partial charge in [-0.2, -0.15) is 0 Å². The molecule has 0 atom stereocenters. The molecule has 5 heteroatoms. The van der Waals surface area contributed by atoms with E-state index in [4.69, 9.17) is 4.74 Å². The summed E-state index contributed by atoms with van der Waals surface area (Å²) in [6.07, 6.45) is 2.37. The zero-order chi connectivity index (χ0) is 16.9. The van der Waals surface area contributed by atoms with E-state index in [1.165, 1.54) is 12.4 Å². The molecule has 1 aromatic heterocycles. The minimum absolute atomic E-state index is 0.150. The Hall–Kier alpha value is -2.69. The average molecular weight is 312 g/mol. The van der Waals surface area contributed by atoms with Gasteiger partial charge >= 0.3 is 6.09 Å². The van der Waals surface area contributed by atoms with Gasteiger partial charge in [-0.3, -0.25) is 9.78 Å². The summed E-state index contributed by atoms with van der Waals surface area (Å²) in [4.78, 5) is 30.1. The smallest absolute Gasteiger partial charge is 0.417 e. The number of carbonyl (C=O) groups is 2. The predicted molar refractivity (Wildman–Crippen MR) is 86.8 cm³/mol. The third kappa shape index (κ3) is 4.92. The summed E-state index contributed by atoms with van der Waals surface area (Å²) in [7, 11) is 0. The van der Waals surface area contributed by atoms with Crippen LogP contribution < -0.4 is 0 Å². The minimum atomic E-state index is -0.676. The monoisotopic (exact) mass is 312 g/mol. The fourth-order valence-electron chi connectivity index (χ4n) is 1.95. The Bertz CT molecular complexity index is 664. The van der Waals surface area contributed by atoms with E-state index in [1.807, 2.05) is 30.3 Å². The largest absolute Gasteiger partial charge is 0.443 e. The molecule has 0 saturated carbocycles. The quantitative estimate of drug-likeness (QED) is 0.868. The van der Waals surface area contributed by atoms with Gasteiger partial charge in [0, 0.05) is 18.0 Å². The molecular formula is C18H20N2O3. The molecule has 0 aliphatic carbocycles. The second-order valence-corrected chi connectivity index (χ2v) is 6.09. The number of rotatable bonds is 3. The number of pyridine rings is 1. The molecule has 5 nitrogen and oxygen atoms in total. The molecule has 23 heavy (non-hydrogen) atoms. The molecule has 0 saturated heterocycles. The van der Waals surface area contributed by atoms with Crippen molar-refractivity contribution in [2.75, 3.05) is 0 Å². The first kappa shape index (κ1) is 16.7. The number of ether oxygens (including phenoxy) is 1. The van der Waals surface area contributed by atoms with Crippen LogP contribution in [0, 0.1) is 0 Å². The van der Waals surface area contributed by atoms with Crippen LogP contribution in [-0.2, 0) is 11.3 Å². The van der Waals surface area contributed by atoms with Crippen molar-refractivity contribution in [1.82, 2.24) is 9.88 Å². The zero-order valence-corrected chi connectivity index (χ0v) is 13.5. The molecule has 0 fully saturated rings. The van der Waals surface area contributed by atoms with E-state index < -0.39 is 17.6 Å². The van der Waals surface area contributed by atoms with Crippen LogP contribution in [0.4, 0.5) is 4.79 Å². The van der Waals surface area contributed by atoms with Crippen molar-refractivity contribution in [2.24, 2.45) is 0 Å². The normalized spacial score (nSPS) is 10.9. The Balaban J connectivity index is 2.27. The van der Waals surface area contributed by atoms with Crippen molar-refractivity contribution in [3.8, 4) is 0 Å². The summed E-state index contributed by atoms with van der Waals surface area (Å²) in [5.41, 5.74) is 0.562. The zero-order valence-electron chi connectivity index (χ0n) is 13.5. The molecule has 0 spiro atoms. The number of amides is 2. The van der Waals surface area contributed by atoms with E-state index in [1.54, 1.807) is 32.9 Å². The molecular weight excluding hydrogens is 292 g/mol. The average Bonchev–Trinajstić information content (AvgIpc) is 2.52. The molecule has 0 unspecified atom stereocenters. The molecule has 0 N–H and O–H groups in total. The summed E-state index contributed by atoms with van der Waals surface area (Å²) >= 11 is 0. The van der Waals surface area contributed by atoms with Crippen LogP contribution in [0.5, 0.6) is 0 Å². The molecule has 1 heterocycles. The predicted octanol–water partition coefficient (Wildman–Crippen LogP) is 3.66. The second kappa shape index (κ2) is 7.05. The minimum Gasteiger partial charge on any atom is -0.443 e. The molecule has 0 bridgehead atoms. The van der Waals surface area contributed by atoms with Gasteiger partial charge in [0.1, 0.15) is 5.60 Å². The number of carbonyl (C=O) groups excluding carboxylic acids is 2. The van der Waals surface area contributed by atoms with Crippen LogP contribution in [0.1, 0.15) is 36.7 Å². The summed E-state index contributed by atoms with van der Waals surface area (Å²) in [5, 5.41) is 0. The van der Waals surface area contributed by atoms with Gasteiger partial charge in [0.25, 0.3) is 5.91 Å². The van der Waals surface area contributed by atoms with Gasteiger partial charge in [-0.1, -0.05) is 30.3 Å². The molecule has 2 rings (SSSR count). The van der Waals surface area contributed by atoms with Crippen molar-refractivity contribution in [3.05, 3.63) is 66.0 Å². The fraction of sp³-hybridized carbons (Fsp3) is 0.278. The number of hydrogen-bond acceptors (Lipinski definition) is 4. The number of hydrogen-bond donors (Lipinski definition) is 0. The lowest BCUT2D eigenvalue weighted by Gasteiger charge is -2.26. The number of imide groups is 1. The molecule has 0 aliphatic rings. The first-order valence-electron chi connectivity index (χ1n) is 7.35. The number of benzene rings is 1. The van der Waals surface area contributed by atoms with Crippen LogP contribution in [-0.4, -0.2) is 27.5 Å². The van der Waals surface area contributed by atoms with E-state index in [-0.39, 0.29) is 6.54 Å². The van der Waals surface area contributed by atoms with E-state index in [2.05, 4.69) is 4.98 Å². The van der Waals surface area contributed by atoms with E-state index in [0.717, 1.165) is 10.5 Å². The molecule has 2 aromatic rings. The highest BCUT2D eigenvalue weighted by Gasteiger charge is 2.28. The summed E-state index contributed by atoms with van der Waals surface area (Å²) in [5.74, 6) is -0.412. The van der Waals surface area contributed by atoms with Crippen molar-refractivity contribution in [3.63, 3.8) is 0 Å². The van der Waals surface area contributed by atoms with Crippen LogP contribution in [0.3, 0.4) is 0 Å².